The molecule has 1 aromatic carbocycles. The van der Waals surface area contributed by atoms with Crippen LogP contribution in [0, 0.1) is 0 Å². The smallest absolute Gasteiger partial charge is 0.120 e. The van der Waals surface area contributed by atoms with E-state index in [1.807, 2.05) is 19.2 Å². The summed E-state index contributed by atoms with van der Waals surface area (Å²) in [5, 5.41) is 4.03. The van der Waals surface area contributed by atoms with Crippen LogP contribution in [-0.4, -0.2) is 12.0 Å². The van der Waals surface area contributed by atoms with Crippen LogP contribution >= 0.6 is 11.6 Å². The van der Waals surface area contributed by atoms with Crippen molar-refractivity contribution in [3.63, 3.8) is 0 Å². The van der Waals surface area contributed by atoms with E-state index in [1.165, 1.54) is 24.0 Å². The van der Waals surface area contributed by atoms with Crippen molar-refractivity contribution in [1.82, 2.24) is 10.3 Å². The number of aromatic nitrogens is 1. The molecule has 1 N–H and O–H groups in total. The molecule has 1 atom stereocenters. The SMILES string of the molecule is CNC1CCCc2ccc(OCc3ccncc3Cl)cc21. The highest BCUT2D eigenvalue weighted by atomic mass is 35.5. The third kappa shape index (κ3) is 3.20. The van der Waals surface area contributed by atoms with Gasteiger partial charge in [0.15, 0.2) is 0 Å². The molecule has 0 amide bonds. The first kappa shape index (κ1) is 14.4. The molecule has 0 saturated heterocycles. The Morgan fingerprint density at radius 2 is 2.29 bits per heavy atom. The summed E-state index contributed by atoms with van der Waals surface area (Å²) in [6.07, 6.45) is 6.96. The van der Waals surface area contributed by atoms with Gasteiger partial charge < -0.3 is 10.1 Å². The van der Waals surface area contributed by atoms with Crippen molar-refractivity contribution < 1.29 is 4.74 Å². The van der Waals surface area contributed by atoms with Crippen molar-refractivity contribution in [3.8, 4) is 5.75 Å². The molecular formula is C17H19ClN2O. The molecule has 1 aliphatic carbocycles. The first-order chi connectivity index (χ1) is 10.3. The van der Waals surface area contributed by atoms with Gasteiger partial charge in [0, 0.05) is 24.0 Å². The molecule has 3 nitrogen and oxygen atoms in total. The minimum atomic E-state index is 0.432. The zero-order chi connectivity index (χ0) is 14.7. The summed E-state index contributed by atoms with van der Waals surface area (Å²) in [6, 6.07) is 8.71. The zero-order valence-electron chi connectivity index (χ0n) is 12.1. The van der Waals surface area contributed by atoms with Gasteiger partial charge >= 0.3 is 0 Å². The van der Waals surface area contributed by atoms with Gasteiger partial charge in [-0.05, 0) is 55.6 Å². The molecule has 0 spiro atoms. The van der Waals surface area contributed by atoms with E-state index >= 15 is 0 Å². The monoisotopic (exact) mass is 302 g/mol. The van der Waals surface area contributed by atoms with Crippen molar-refractivity contribution >= 4 is 11.6 Å². The van der Waals surface area contributed by atoms with E-state index in [0.717, 1.165) is 17.7 Å². The molecule has 4 heteroatoms. The minimum Gasteiger partial charge on any atom is -0.489 e. The van der Waals surface area contributed by atoms with Crippen LogP contribution in [0.3, 0.4) is 0 Å². The molecular weight excluding hydrogens is 284 g/mol. The fraction of sp³-hybridized carbons (Fsp3) is 0.353. The Balaban J connectivity index is 1.76. The quantitative estimate of drug-likeness (QED) is 0.930. The fourth-order valence-electron chi connectivity index (χ4n) is 2.85. The summed E-state index contributed by atoms with van der Waals surface area (Å²) in [6.45, 7) is 0.463. The number of nitrogens with one attached hydrogen (secondary N) is 1. The number of aryl methyl sites for hydroxylation is 1. The van der Waals surface area contributed by atoms with Gasteiger partial charge in [-0.15, -0.1) is 0 Å². The maximum Gasteiger partial charge on any atom is 0.120 e. The first-order valence-corrected chi connectivity index (χ1v) is 7.67. The van der Waals surface area contributed by atoms with Gasteiger partial charge in [0.2, 0.25) is 0 Å². The van der Waals surface area contributed by atoms with Gasteiger partial charge in [-0.2, -0.15) is 0 Å². The predicted octanol–water partition coefficient (Wildman–Crippen LogP) is 3.91. The molecule has 1 heterocycles. The molecule has 1 aromatic heterocycles. The average molecular weight is 303 g/mol. The van der Waals surface area contributed by atoms with Gasteiger partial charge in [-0.25, -0.2) is 0 Å². The van der Waals surface area contributed by atoms with Crippen molar-refractivity contribution in [2.45, 2.75) is 31.9 Å². The average Bonchev–Trinajstić information content (AvgIpc) is 2.53. The minimum absolute atomic E-state index is 0.432. The first-order valence-electron chi connectivity index (χ1n) is 7.29. The van der Waals surface area contributed by atoms with Crippen LogP contribution in [0.15, 0.2) is 36.7 Å². The third-order valence-corrected chi connectivity index (χ3v) is 4.37. The molecule has 1 unspecified atom stereocenters. The van der Waals surface area contributed by atoms with Gasteiger partial charge in [-0.1, -0.05) is 17.7 Å². The zero-order valence-corrected chi connectivity index (χ0v) is 12.9. The standard InChI is InChI=1S/C17H19ClN2O/c1-19-17-4-2-3-12-5-6-14(9-15(12)17)21-11-13-7-8-20-10-16(13)18/h5-10,17,19H,2-4,11H2,1H3. The number of ether oxygens (including phenoxy) is 1. The molecule has 0 radical (unpaired) electrons. The fourth-order valence-corrected chi connectivity index (χ4v) is 3.02. The maximum absolute atomic E-state index is 6.10. The Labute approximate surface area is 130 Å². The number of rotatable bonds is 4. The summed E-state index contributed by atoms with van der Waals surface area (Å²) in [5.41, 5.74) is 3.74. The lowest BCUT2D eigenvalue weighted by Crippen LogP contribution is -2.21. The summed E-state index contributed by atoms with van der Waals surface area (Å²) in [4.78, 5) is 3.98. The highest BCUT2D eigenvalue weighted by molar-refractivity contribution is 6.31. The summed E-state index contributed by atoms with van der Waals surface area (Å²) in [7, 11) is 2.02. The van der Waals surface area contributed by atoms with E-state index in [-0.39, 0.29) is 0 Å². The third-order valence-electron chi connectivity index (χ3n) is 4.03. The number of fused-ring (bicyclic) bond motifs is 1. The van der Waals surface area contributed by atoms with E-state index in [9.17, 15) is 0 Å². The van der Waals surface area contributed by atoms with E-state index in [2.05, 4.69) is 22.4 Å². The second kappa shape index (κ2) is 6.46. The van der Waals surface area contributed by atoms with E-state index in [1.54, 1.807) is 12.4 Å². The van der Waals surface area contributed by atoms with Crippen molar-refractivity contribution in [3.05, 3.63) is 58.4 Å². The number of nitrogens with zero attached hydrogens (tertiary/aromatic N) is 1. The van der Waals surface area contributed by atoms with Crippen LogP contribution in [-0.2, 0) is 13.0 Å². The predicted molar refractivity (Wildman–Crippen MR) is 84.8 cm³/mol. The number of hydrogen-bond donors (Lipinski definition) is 1. The normalized spacial score (nSPS) is 17.3. The Kier molecular flexibility index (Phi) is 4.42. The van der Waals surface area contributed by atoms with E-state index in [4.69, 9.17) is 16.3 Å². The molecule has 0 aliphatic heterocycles. The number of halogens is 1. The van der Waals surface area contributed by atoms with Gasteiger partial charge in [0.1, 0.15) is 12.4 Å². The second-order valence-corrected chi connectivity index (χ2v) is 5.76. The molecule has 0 fully saturated rings. The van der Waals surface area contributed by atoms with Crippen LogP contribution in [0.4, 0.5) is 0 Å². The van der Waals surface area contributed by atoms with Crippen LogP contribution < -0.4 is 10.1 Å². The Morgan fingerprint density at radius 1 is 1.38 bits per heavy atom. The lowest BCUT2D eigenvalue weighted by molar-refractivity contribution is 0.305. The highest BCUT2D eigenvalue weighted by Gasteiger charge is 2.19. The van der Waals surface area contributed by atoms with E-state index in [0.29, 0.717) is 17.7 Å². The molecule has 3 rings (SSSR count). The summed E-state index contributed by atoms with van der Waals surface area (Å²) >= 11 is 6.10. The van der Waals surface area contributed by atoms with Crippen molar-refractivity contribution in [2.75, 3.05) is 7.05 Å². The lowest BCUT2D eigenvalue weighted by Gasteiger charge is -2.25. The largest absolute Gasteiger partial charge is 0.489 e. The Morgan fingerprint density at radius 3 is 3.10 bits per heavy atom. The van der Waals surface area contributed by atoms with Gasteiger partial charge in [0.05, 0.1) is 5.02 Å². The number of hydrogen-bond acceptors (Lipinski definition) is 3. The molecule has 0 saturated carbocycles. The van der Waals surface area contributed by atoms with Gasteiger partial charge in [0.25, 0.3) is 0 Å². The van der Waals surface area contributed by atoms with Crippen molar-refractivity contribution in [1.29, 1.82) is 0 Å². The number of pyridine rings is 1. The van der Waals surface area contributed by atoms with Gasteiger partial charge in [-0.3, -0.25) is 4.98 Å². The Hall–Kier alpha value is -1.58. The lowest BCUT2D eigenvalue weighted by atomic mass is 9.87. The van der Waals surface area contributed by atoms with Crippen molar-refractivity contribution in [2.24, 2.45) is 0 Å². The second-order valence-electron chi connectivity index (χ2n) is 5.35. The van der Waals surface area contributed by atoms with Crippen LogP contribution in [0.2, 0.25) is 5.02 Å². The summed E-state index contributed by atoms with van der Waals surface area (Å²) in [5.74, 6) is 0.892. The Bertz CT molecular complexity index is 630. The molecule has 1 aliphatic rings. The molecule has 2 aromatic rings. The molecule has 110 valence electrons. The van der Waals surface area contributed by atoms with E-state index < -0.39 is 0 Å². The topological polar surface area (TPSA) is 34.1 Å². The maximum atomic E-state index is 6.10. The van der Waals surface area contributed by atoms with Crippen LogP contribution in [0.1, 0.15) is 35.6 Å². The molecule has 21 heavy (non-hydrogen) atoms. The summed E-state index contributed by atoms with van der Waals surface area (Å²) < 4.78 is 5.89. The highest BCUT2D eigenvalue weighted by Crippen LogP contribution is 2.32. The van der Waals surface area contributed by atoms with Crippen LogP contribution in [0.5, 0.6) is 5.75 Å². The van der Waals surface area contributed by atoms with Crippen LogP contribution in [0.25, 0.3) is 0 Å². The number of benzene rings is 1. The molecule has 0 bridgehead atoms.